The minimum absolute atomic E-state index is 0.0408. The van der Waals surface area contributed by atoms with Crippen LogP contribution in [0.15, 0.2) is 39.5 Å². The second-order valence-electron chi connectivity index (χ2n) is 7.62. The predicted molar refractivity (Wildman–Crippen MR) is 114 cm³/mol. The van der Waals surface area contributed by atoms with Crippen molar-refractivity contribution < 1.29 is 14.6 Å². The second-order valence-corrected chi connectivity index (χ2v) is 8.03. The molecule has 0 radical (unpaired) electrons. The van der Waals surface area contributed by atoms with Gasteiger partial charge in [-0.25, -0.2) is 0 Å². The standard InChI is InChI=1S/C22H23ClN2O4/c1-25-6-4-13(5-7-25)15-8-12(11-24)9-16-19(27)20(28)21(29-22(15)16)14-2-3-18(26)17(23)10-14/h2-3,8-10,13,26,28H,4-7,11,24H2,1H3. The number of nitrogens with zero attached hydrogens (tertiary/aromatic N) is 1. The predicted octanol–water partition coefficient (Wildman–Crippen LogP) is 3.79. The number of piperidine rings is 1. The summed E-state index contributed by atoms with van der Waals surface area (Å²) >= 11 is 6.01. The van der Waals surface area contributed by atoms with E-state index < -0.39 is 11.2 Å². The molecule has 29 heavy (non-hydrogen) atoms. The molecule has 1 aromatic heterocycles. The van der Waals surface area contributed by atoms with Gasteiger partial charge in [-0.2, -0.15) is 0 Å². The lowest BCUT2D eigenvalue weighted by atomic mass is 9.87. The van der Waals surface area contributed by atoms with Crippen LogP contribution in [0.3, 0.4) is 0 Å². The fourth-order valence-electron chi connectivity index (χ4n) is 3.96. The van der Waals surface area contributed by atoms with E-state index in [2.05, 4.69) is 11.9 Å². The Bertz CT molecular complexity index is 1130. The van der Waals surface area contributed by atoms with Crippen LogP contribution >= 0.6 is 11.6 Å². The van der Waals surface area contributed by atoms with Gasteiger partial charge in [0.25, 0.3) is 0 Å². The highest BCUT2D eigenvalue weighted by Gasteiger charge is 2.25. The summed E-state index contributed by atoms with van der Waals surface area (Å²) in [6, 6.07) is 8.11. The monoisotopic (exact) mass is 414 g/mol. The molecule has 4 N–H and O–H groups in total. The van der Waals surface area contributed by atoms with Crippen LogP contribution in [0.25, 0.3) is 22.3 Å². The Hall–Kier alpha value is -2.54. The topological polar surface area (TPSA) is 99.9 Å². The smallest absolute Gasteiger partial charge is 0.235 e. The van der Waals surface area contributed by atoms with Crippen molar-refractivity contribution in [2.75, 3.05) is 20.1 Å². The maximum absolute atomic E-state index is 13.0. The normalized spacial score (nSPS) is 15.8. The van der Waals surface area contributed by atoms with E-state index in [1.807, 2.05) is 6.07 Å². The zero-order chi connectivity index (χ0) is 20.7. The van der Waals surface area contributed by atoms with Gasteiger partial charge in [0, 0.05) is 12.1 Å². The number of aromatic hydroxyl groups is 2. The van der Waals surface area contributed by atoms with Gasteiger partial charge in [0.05, 0.1) is 10.4 Å². The molecule has 2 aromatic carbocycles. The summed E-state index contributed by atoms with van der Waals surface area (Å²) in [7, 11) is 2.09. The molecule has 0 amide bonds. The maximum atomic E-state index is 13.0. The van der Waals surface area contributed by atoms with Gasteiger partial charge < -0.3 is 25.3 Å². The molecule has 1 saturated heterocycles. The fraction of sp³-hybridized carbons (Fsp3) is 0.318. The van der Waals surface area contributed by atoms with Crippen LogP contribution < -0.4 is 11.2 Å². The first-order valence-corrected chi connectivity index (χ1v) is 9.97. The lowest BCUT2D eigenvalue weighted by molar-refractivity contribution is 0.255. The third-order valence-electron chi connectivity index (χ3n) is 5.66. The number of likely N-dealkylation sites (tertiary alicyclic amines) is 1. The van der Waals surface area contributed by atoms with Crippen molar-refractivity contribution in [2.45, 2.75) is 25.3 Å². The van der Waals surface area contributed by atoms with Gasteiger partial charge >= 0.3 is 0 Å². The Kier molecular flexibility index (Phi) is 5.25. The Balaban J connectivity index is 1.96. The molecule has 0 atom stereocenters. The highest BCUT2D eigenvalue weighted by Crippen LogP contribution is 2.38. The van der Waals surface area contributed by atoms with Gasteiger partial charge in [-0.3, -0.25) is 4.79 Å². The molecule has 152 valence electrons. The number of phenols is 1. The minimum atomic E-state index is -0.505. The molecule has 0 unspecified atom stereocenters. The van der Waals surface area contributed by atoms with Crippen LogP contribution in [0.5, 0.6) is 11.5 Å². The Labute approximate surface area is 173 Å². The number of rotatable bonds is 3. The maximum Gasteiger partial charge on any atom is 0.235 e. The lowest BCUT2D eigenvalue weighted by Gasteiger charge is -2.29. The first kappa shape index (κ1) is 19.8. The van der Waals surface area contributed by atoms with Crippen LogP contribution in [0.1, 0.15) is 29.9 Å². The molecule has 1 aliphatic heterocycles. The average molecular weight is 415 g/mol. The number of nitrogens with two attached hydrogens (primary N) is 1. The zero-order valence-electron chi connectivity index (χ0n) is 16.1. The molecule has 0 saturated carbocycles. The first-order valence-electron chi connectivity index (χ1n) is 9.59. The molecule has 7 heteroatoms. The van der Waals surface area contributed by atoms with E-state index in [0.29, 0.717) is 23.1 Å². The summed E-state index contributed by atoms with van der Waals surface area (Å²) in [5.74, 6) is -0.288. The van der Waals surface area contributed by atoms with E-state index in [1.54, 1.807) is 12.1 Å². The van der Waals surface area contributed by atoms with Crippen molar-refractivity contribution in [3.05, 3.63) is 56.7 Å². The van der Waals surface area contributed by atoms with Crippen molar-refractivity contribution in [2.24, 2.45) is 5.73 Å². The average Bonchev–Trinajstić information content (AvgIpc) is 2.72. The van der Waals surface area contributed by atoms with Gasteiger partial charge in [0.2, 0.25) is 11.2 Å². The third kappa shape index (κ3) is 3.59. The molecule has 4 rings (SSSR count). The fourth-order valence-corrected chi connectivity index (χ4v) is 4.14. The SMILES string of the molecule is CN1CCC(c2cc(CN)cc3c(=O)c(O)c(-c4ccc(O)c(Cl)c4)oc23)CC1. The van der Waals surface area contributed by atoms with E-state index in [0.717, 1.165) is 37.1 Å². The Morgan fingerprint density at radius 1 is 1.21 bits per heavy atom. The van der Waals surface area contributed by atoms with E-state index in [-0.39, 0.29) is 22.5 Å². The van der Waals surface area contributed by atoms with Crippen LogP contribution in [0, 0.1) is 0 Å². The number of benzene rings is 2. The molecule has 0 aliphatic carbocycles. The molecule has 0 bridgehead atoms. The first-order chi connectivity index (χ1) is 13.9. The molecule has 1 aliphatic rings. The number of hydrogen-bond donors (Lipinski definition) is 3. The summed E-state index contributed by atoms with van der Waals surface area (Å²) in [5.41, 5.74) is 8.02. The van der Waals surface area contributed by atoms with Gasteiger partial charge in [-0.05, 0) is 74.3 Å². The second kappa shape index (κ2) is 7.71. The molecule has 0 spiro atoms. The highest BCUT2D eigenvalue weighted by molar-refractivity contribution is 6.32. The van der Waals surface area contributed by atoms with Gasteiger partial charge in [-0.15, -0.1) is 0 Å². The highest BCUT2D eigenvalue weighted by atomic mass is 35.5. The van der Waals surface area contributed by atoms with Gasteiger partial charge in [-0.1, -0.05) is 17.7 Å². The Morgan fingerprint density at radius 3 is 2.59 bits per heavy atom. The van der Waals surface area contributed by atoms with Crippen LogP contribution in [-0.4, -0.2) is 35.3 Å². The van der Waals surface area contributed by atoms with Crippen molar-refractivity contribution in [1.82, 2.24) is 4.90 Å². The van der Waals surface area contributed by atoms with Crippen molar-refractivity contribution in [1.29, 1.82) is 0 Å². The largest absolute Gasteiger partial charge is 0.506 e. The number of fused-ring (bicyclic) bond motifs is 1. The van der Waals surface area contributed by atoms with E-state index >= 15 is 0 Å². The summed E-state index contributed by atoms with van der Waals surface area (Å²) in [4.78, 5) is 15.3. The third-order valence-corrected chi connectivity index (χ3v) is 5.96. The van der Waals surface area contributed by atoms with E-state index in [4.69, 9.17) is 21.8 Å². The van der Waals surface area contributed by atoms with Crippen molar-refractivity contribution in [3.8, 4) is 22.8 Å². The van der Waals surface area contributed by atoms with Crippen molar-refractivity contribution in [3.63, 3.8) is 0 Å². The quantitative estimate of drug-likeness (QED) is 0.602. The zero-order valence-corrected chi connectivity index (χ0v) is 16.9. The van der Waals surface area contributed by atoms with Gasteiger partial charge in [0.1, 0.15) is 11.3 Å². The van der Waals surface area contributed by atoms with Crippen LogP contribution in [-0.2, 0) is 6.54 Å². The summed E-state index contributed by atoms with van der Waals surface area (Å²) in [6.07, 6.45) is 1.90. The lowest BCUT2D eigenvalue weighted by Crippen LogP contribution is -2.29. The molecule has 1 fully saturated rings. The summed E-state index contributed by atoms with van der Waals surface area (Å²) in [5, 5.41) is 20.7. The number of halogens is 1. The molecular weight excluding hydrogens is 392 g/mol. The van der Waals surface area contributed by atoms with Crippen LogP contribution in [0.4, 0.5) is 0 Å². The van der Waals surface area contributed by atoms with Crippen LogP contribution in [0.2, 0.25) is 5.02 Å². The molecule has 2 heterocycles. The summed E-state index contributed by atoms with van der Waals surface area (Å²) in [6.45, 7) is 2.22. The molecule has 6 nitrogen and oxygen atoms in total. The van der Waals surface area contributed by atoms with E-state index in [1.165, 1.54) is 12.1 Å². The Morgan fingerprint density at radius 2 is 1.93 bits per heavy atom. The molecular formula is C22H23ClN2O4. The van der Waals surface area contributed by atoms with Crippen molar-refractivity contribution >= 4 is 22.6 Å². The number of phenolic OH excluding ortho intramolecular Hbond substituents is 1. The minimum Gasteiger partial charge on any atom is -0.506 e. The molecule has 3 aromatic rings. The summed E-state index contributed by atoms with van der Waals surface area (Å²) < 4.78 is 6.12. The van der Waals surface area contributed by atoms with Gasteiger partial charge in [0.15, 0.2) is 5.76 Å². The number of hydrogen-bond acceptors (Lipinski definition) is 6. The van der Waals surface area contributed by atoms with E-state index in [9.17, 15) is 15.0 Å².